The fourth-order valence-corrected chi connectivity index (χ4v) is 9.00. The molecule has 386 valence electrons. The molecule has 65 heavy (non-hydrogen) atoms. The number of ether oxygens (including phenoxy) is 3. The summed E-state index contributed by atoms with van der Waals surface area (Å²) < 4.78 is 16.9. The van der Waals surface area contributed by atoms with Gasteiger partial charge in [0.1, 0.15) is 13.2 Å². The zero-order valence-corrected chi connectivity index (χ0v) is 44.8. The van der Waals surface area contributed by atoms with E-state index < -0.39 is 6.10 Å². The van der Waals surface area contributed by atoms with Crippen molar-refractivity contribution >= 4 is 17.9 Å². The van der Waals surface area contributed by atoms with Gasteiger partial charge < -0.3 is 14.2 Å². The molecular weight excluding hydrogens is 805 g/mol. The Labute approximate surface area is 406 Å². The van der Waals surface area contributed by atoms with Crippen molar-refractivity contribution in [2.45, 2.75) is 330 Å². The van der Waals surface area contributed by atoms with Crippen LogP contribution in [-0.2, 0) is 28.6 Å². The van der Waals surface area contributed by atoms with Crippen LogP contribution in [0.2, 0.25) is 0 Å². The highest BCUT2D eigenvalue weighted by molar-refractivity contribution is 5.71. The normalized spacial score (nSPS) is 12.1. The summed E-state index contributed by atoms with van der Waals surface area (Å²) in [6.45, 7) is 13.7. The van der Waals surface area contributed by atoms with Gasteiger partial charge in [-0.2, -0.15) is 0 Å². The van der Waals surface area contributed by atoms with Crippen LogP contribution in [0.1, 0.15) is 324 Å². The standard InChI is InChI=1S/C59H114O6/c1-53(2)45-39-33-27-23-19-15-11-9-7-8-10-12-17-21-25-29-36-42-48-57(60)63-51-56(52-64-58(61)49-43-37-32-31-35-41-47-55(5)6)65-59(62)50-44-38-30-26-22-18-14-13-16-20-24-28-34-40-46-54(3)4/h53-56H,7-52H2,1-6H3/t56-/m1/s1. The molecule has 0 rings (SSSR count). The van der Waals surface area contributed by atoms with Crippen LogP contribution in [0.3, 0.4) is 0 Å². The Hall–Kier alpha value is -1.59. The average molecular weight is 920 g/mol. The monoisotopic (exact) mass is 919 g/mol. The van der Waals surface area contributed by atoms with E-state index in [1.54, 1.807) is 0 Å². The Kier molecular flexibility index (Phi) is 49.1. The van der Waals surface area contributed by atoms with Crippen LogP contribution in [0, 0.1) is 17.8 Å². The van der Waals surface area contributed by atoms with Gasteiger partial charge in [0, 0.05) is 19.3 Å². The van der Waals surface area contributed by atoms with Gasteiger partial charge in [0.15, 0.2) is 6.10 Å². The van der Waals surface area contributed by atoms with Crippen LogP contribution in [0.15, 0.2) is 0 Å². The SMILES string of the molecule is CC(C)CCCCCCCCCCCCCCCCCCCCC(=O)OC[C@H](COC(=O)CCCCCCCCC(C)C)OC(=O)CCCCCCCCCCCCCCCCC(C)C. The minimum Gasteiger partial charge on any atom is -0.462 e. The summed E-state index contributed by atoms with van der Waals surface area (Å²) in [6, 6.07) is 0. The highest BCUT2D eigenvalue weighted by Crippen LogP contribution is 2.18. The lowest BCUT2D eigenvalue weighted by Gasteiger charge is -2.18. The molecule has 0 N–H and O–H groups in total. The van der Waals surface area contributed by atoms with Crippen molar-refractivity contribution in [1.82, 2.24) is 0 Å². The van der Waals surface area contributed by atoms with E-state index in [0.717, 1.165) is 75.5 Å². The Morgan fingerprint density at radius 3 is 0.662 bits per heavy atom. The first-order chi connectivity index (χ1) is 31.6. The lowest BCUT2D eigenvalue weighted by atomic mass is 10.0. The first-order valence-electron chi connectivity index (χ1n) is 29.1. The van der Waals surface area contributed by atoms with E-state index in [2.05, 4.69) is 41.5 Å². The summed E-state index contributed by atoms with van der Waals surface area (Å²) in [7, 11) is 0. The highest BCUT2D eigenvalue weighted by Gasteiger charge is 2.19. The summed E-state index contributed by atoms with van der Waals surface area (Å²) in [4.78, 5) is 38.0. The molecule has 0 aliphatic heterocycles. The maximum absolute atomic E-state index is 12.8. The van der Waals surface area contributed by atoms with Gasteiger partial charge >= 0.3 is 17.9 Å². The molecule has 0 saturated carbocycles. The first kappa shape index (κ1) is 63.4. The van der Waals surface area contributed by atoms with Crippen LogP contribution in [0.25, 0.3) is 0 Å². The number of rotatable bonds is 52. The molecule has 0 radical (unpaired) electrons. The summed E-state index contributed by atoms with van der Waals surface area (Å²) in [6.07, 6.45) is 52.6. The smallest absolute Gasteiger partial charge is 0.306 e. The van der Waals surface area contributed by atoms with Gasteiger partial charge in [-0.1, -0.05) is 286 Å². The van der Waals surface area contributed by atoms with Crippen LogP contribution in [-0.4, -0.2) is 37.2 Å². The lowest BCUT2D eigenvalue weighted by molar-refractivity contribution is -0.167. The molecule has 0 unspecified atom stereocenters. The molecule has 0 aliphatic carbocycles. The van der Waals surface area contributed by atoms with E-state index in [9.17, 15) is 14.4 Å². The summed E-state index contributed by atoms with van der Waals surface area (Å²) in [5.41, 5.74) is 0. The summed E-state index contributed by atoms with van der Waals surface area (Å²) in [5, 5.41) is 0. The first-order valence-corrected chi connectivity index (χ1v) is 29.1. The van der Waals surface area contributed by atoms with Crippen LogP contribution in [0.4, 0.5) is 0 Å². The number of carbonyl (C=O) groups excluding carboxylic acids is 3. The minimum atomic E-state index is -0.764. The fraction of sp³-hybridized carbons (Fsp3) is 0.949. The van der Waals surface area contributed by atoms with Crippen molar-refractivity contribution in [1.29, 1.82) is 0 Å². The van der Waals surface area contributed by atoms with Gasteiger partial charge in [-0.05, 0) is 37.0 Å². The summed E-state index contributed by atoms with van der Waals surface area (Å²) >= 11 is 0. The number of unbranched alkanes of at least 4 members (excludes halogenated alkanes) is 35. The molecule has 1 atom stereocenters. The molecule has 0 fully saturated rings. The number of carbonyl (C=O) groups is 3. The van der Waals surface area contributed by atoms with Crippen molar-refractivity contribution in [3.63, 3.8) is 0 Å². The van der Waals surface area contributed by atoms with Crippen molar-refractivity contribution in [3.8, 4) is 0 Å². The molecule has 6 nitrogen and oxygen atoms in total. The molecule has 0 bridgehead atoms. The quantitative estimate of drug-likeness (QED) is 0.0344. The third-order valence-electron chi connectivity index (χ3n) is 13.4. The van der Waals surface area contributed by atoms with E-state index >= 15 is 0 Å². The van der Waals surface area contributed by atoms with Gasteiger partial charge in [-0.25, -0.2) is 0 Å². The van der Waals surface area contributed by atoms with Gasteiger partial charge in [0.25, 0.3) is 0 Å². The second-order valence-electron chi connectivity index (χ2n) is 21.7. The second kappa shape index (κ2) is 50.3. The van der Waals surface area contributed by atoms with Crippen molar-refractivity contribution in [3.05, 3.63) is 0 Å². The van der Waals surface area contributed by atoms with Crippen molar-refractivity contribution < 1.29 is 28.6 Å². The molecule has 0 heterocycles. The molecule has 0 saturated heterocycles. The predicted octanol–water partition coefficient (Wildman–Crippen LogP) is 19.1. The van der Waals surface area contributed by atoms with Crippen molar-refractivity contribution in [2.24, 2.45) is 17.8 Å². The lowest BCUT2D eigenvalue weighted by Crippen LogP contribution is -2.30. The third-order valence-corrected chi connectivity index (χ3v) is 13.4. The van der Waals surface area contributed by atoms with Crippen LogP contribution >= 0.6 is 0 Å². The second-order valence-corrected chi connectivity index (χ2v) is 21.7. The van der Waals surface area contributed by atoms with Gasteiger partial charge in [0.05, 0.1) is 0 Å². The Bertz CT molecular complexity index is 1010. The molecule has 0 spiro atoms. The van der Waals surface area contributed by atoms with Crippen LogP contribution < -0.4 is 0 Å². The average Bonchev–Trinajstić information content (AvgIpc) is 3.26. The van der Waals surface area contributed by atoms with E-state index in [4.69, 9.17) is 14.2 Å². The minimum absolute atomic E-state index is 0.0643. The molecule has 0 amide bonds. The van der Waals surface area contributed by atoms with E-state index in [1.807, 2.05) is 0 Å². The molecular formula is C59H114O6. The number of hydrogen-bond donors (Lipinski definition) is 0. The maximum Gasteiger partial charge on any atom is 0.306 e. The molecule has 0 aromatic heterocycles. The maximum atomic E-state index is 12.8. The zero-order chi connectivity index (χ0) is 47.7. The van der Waals surface area contributed by atoms with E-state index in [0.29, 0.717) is 19.3 Å². The predicted molar refractivity (Wildman–Crippen MR) is 279 cm³/mol. The van der Waals surface area contributed by atoms with Gasteiger partial charge in [-0.15, -0.1) is 0 Å². The molecule has 0 aromatic rings. The number of esters is 3. The zero-order valence-electron chi connectivity index (χ0n) is 44.8. The van der Waals surface area contributed by atoms with Crippen molar-refractivity contribution in [2.75, 3.05) is 13.2 Å². The highest BCUT2D eigenvalue weighted by atomic mass is 16.6. The van der Waals surface area contributed by atoms with E-state index in [-0.39, 0.29) is 31.1 Å². The van der Waals surface area contributed by atoms with Gasteiger partial charge in [0.2, 0.25) is 0 Å². The van der Waals surface area contributed by atoms with E-state index in [1.165, 1.54) is 205 Å². The molecule has 0 aliphatic rings. The van der Waals surface area contributed by atoms with Crippen LogP contribution in [0.5, 0.6) is 0 Å². The molecule has 6 heteroatoms. The number of hydrogen-bond acceptors (Lipinski definition) is 6. The molecule has 0 aromatic carbocycles. The largest absolute Gasteiger partial charge is 0.462 e. The fourth-order valence-electron chi connectivity index (χ4n) is 9.00. The Balaban J connectivity index is 4.19. The van der Waals surface area contributed by atoms with Gasteiger partial charge in [-0.3, -0.25) is 14.4 Å². The summed E-state index contributed by atoms with van der Waals surface area (Å²) in [5.74, 6) is 1.62. The Morgan fingerprint density at radius 2 is 0.446 bits per heavy atom. The Morgan fingerprint density at radius 1 is 0.262 bits per heavy atom. The third kappa shape index (κ3) is 53.2. The topological polar surface area (TPSA) is 78.9 Å².